The normalized spacial score (nSPS) is 44.3. The van der Waals surface area contributed by atoms with Crippen LogP contribution in [0.1, 0.15) is 20.8 Å². The molecule has 0 aliphatic carbocycles. The highest BCUT2D eigenvalue weighted by molar-refractivity contribution is 5.71. The van der Waals surface area contributed by atoms with Gasteiger partial charge >= 0.3 is 5.97 Å². The Kier molecular flexibility index (Phi) is 2.18. The molecule has 1 rings (SSSR count). The first-order valence-corrected chi connectivity index (χ1v) is 3.92. The quantitative estimate of drug-likeness (QED) is 0.622. The molecule has 1 saturated heterocycles. The molecule has 64 valence electrons. The lowest BCUT2D eigenvalue weighted by atomic mass is 9.90. The molecule has 1 N–H and O–H groups in total. The molecule has 4 unspecified atom stereocenters. The molecule has 0 radical (unpaired) electrons. The van der Waals surface area contributed by atoms with Crippen LogP contribution in [0.3, 0.4) is 0 Å². The highest BCUT2D eigenvalue weighted by Gasteiger charge is 2.41. The fourth-order valence-electron chi connectivity index (χ4n) is 1.69. The Labute approximate surface area is 66.4 Å². The second kappa shape index (κ2) is 2.81. The summed E-state index contributed by atoms with van der Waals surface area (Å²) in [6.45, 7) is 5.66. The van der Waals surface area contributed by atoms with Crippen molar-refractivity contribution in [3.8, 4) is 0 Å². The molecule has 1 aliphatic rings. The van der Waals surface area contributed by atoms with E-state index in [4.69, 9.17) is 9.84 Å². The average Bonchev–Trinajstić information content (AvgIpc) is 2.07. The standard InChI is InChI=1S/C8H14O3/c1-4-5(2)11-6(3)7(4)8(9)10/h4-7H,1-3H3,(H,9,10). The summed E-state index contributed by atoms with van der Waals surface area (Å²) in [4.78, 5) is 10.7. The van der Waals surface area contributed by atoms with Crippen LogP contribution in [-0.4, -0.2) is 23.3 Å². The third-order valence-electron chi connectivity index (χ3n) is 2.53. The summed E-state index contributed by atoms with van der Waals surface area (Å²) in [7, 11) is 0. The molecular weight excluding hydrogens is 144 g/mol. The van der Waals surface area contributed by atoms with Gasteiger partial charge in [0.15, 0.2) is 0 Å². The van der Waals surface area contributed by atoms with Crippen LogP contribution < -0.4 is 0 Å². The maximum atomic E-state index is 10.7. The van der Waals surface area contributed by atoms with Gasteiger partial charge in [-0.05, 0) is 19.8 Å². The number of carboxylic acids is 1. The first kappa shape index (κ1) is 8.53. The van der Waals surface area contributed by atoms with E-state index in [0.29, 0.717) is 0 Å². The Balaban J connectivity index is 2.71. The second-order valence-electron chi connectivity index (χ2n) is 3.27. The number of hydrogen-bond donors (Lipinski definition) is 1. The van der Waals surface area contributed by atoms with Crippen LogP contribution >= 0.6 is 0 Å². The minimum atomic E-state index is -0.741. The lowest BCUT2D eigenvalue weighted by molar-refractivity contribution is -0.144. The Morgan fingerprint density at radius 2 is 1.82 bits per heavy atom. The lowest BCUT2D eigenvalue weighted by Crippen LogP contribution is -2.26. The lowest BCUT2D eigenvalue weighted by Gasteiger charge is -2.11. The smallest absolute Gasteiger partial charge is 0.309 e. The number of aliphatic carboxylic acids is 1. The van der Waals surface area contributed by atoms with Gasteiger partial charge in [0.25, 0.3) is 0 Å². The predicted octanol–water partition coefficient (Wildman–Crippen LogP) is 1.13. The van der Waals surface area contributed by atoms with Gasteiger partial charge in [-0.3, -0.25) is 4.79 Å². The van der Waals surface area contributed by atoms with E-state index in [1.54, 1.807) is 0 Å². The van der Waals surface area contributed by atoms with Crippen LogP contribution in [0.5, 0.6) is 0 Å². The van der Waals surface area contributed by atoms with E-state index in [0.717, 1.165) is 0 Å². The molecule has 0 amide bonds. The largest absolute Gasteiger partial charge is 0.481 e. The summed E-state index contributed by atoms with van der Waals surface area (Å²) >= 11 is 0. The summed E-state index contributed by atoms with van der Waals surface area (Å²) in [5.74, 6) is -0.943. The fourth-order valence-corrected chi connectivity index (χ4v) is 1.69. The second-order valence-corrected chi connectivity index (χ2v) is 3.27. The van der Waals surface area contributed by atoms with Crippen molar-refractivity contribution < 1.29 is 14.6 Å². The van der Waals surface area contributed by atoms with Gasteiger partial charge in [-0.2, -0.15) is 0 Å². The molecule has 0 bridgehead atoms. The van der Waals surface area contributed by atoms with Crippen molar-refractivity contribution in [1.82, 2.24) is 0 Å². The van der Waals surface area contributed by atoms with Crippen LogP contribution in [0, 0.1) is 11.8 Å². The van der Waals surface area contributed by atoms with Crippen LogP contribution in [0.15, 0.2) is 0 Å². The van der Waals surface area contributed by atoms with Gasteiger partial charge in [0.1, 0.15) is 0 Å². The minimum absolute atomic E-state index is 0.0751. The fraction of sp³-hybridized carbons (Fsp3) is 0.875. The van der Waals surface area contributed by atoms with Gasteiger partial charge in [-0.1, -0.05) is 6.92 Å². The molecule has 4 atom stereocenters. The maximum Gasteiger partial charge on any atom is 0.309 e. The van der Waals surface area contributed by atoms with Crippen LogP contribution in [0.25, 0.3) is 0 Å². The SMILES string of the molecule is CC1OC(C)C(C(=O)O)C1C. The van der Waals surface area contributed by atoms with E-state index in [1.165, 1.54) is 0 Å². The van der Waals surface area contributed by atoms with Crippen molar-refractivity contribution in [1.29, 1.82) is 0 Å². The van der Waals surface area contributed by atoms with E-state index >= 15 is 0 Å². The summed E-state index contributed by atoms with van der Waals surface area (Å²) < 4.78 is 5.37. The average molecular weight is 158 g/mol. The van der Waals surface area contributed by atoms with Gasteiger partial charge < -0.3 is 9.84 Å². The van der Waals surface area contributed by atoms with Crippen molar-refractivity contribution in [2.24, 2.45) is 11.8 Å². The summed E-state index contributed by atoms with van der Waals surface area (Å²) in [6, 6.07) is 0. The first-order valence-electron chi connectivity index (χ1n) is 3.92. The van der Waals surface area contributed by atoms with E-state index < -0.39 is 5.97 Å². The minimum Gasteiger partial charge on any atom is -0.481 e. The van der Waals surface area contributed by atoms with E-state index in [1.807, 2.05) is 20.8 Å². The zero-order chi connectivity index (χ0) is 8.59. The molecular formula is C8H14O3. The third kappa shape index (κ3) is 1.38. The van der Waals surface area contributed by atoms with Gasteiger partial charge in [0.2, 0.25) is 0 Å². The first-order chi connectivity index (χ1) is 5.04. The van der Waals surface area contributed by atoms with Gasteiger partial charge in [-0.25, -0.2) is 0 Å². The molecule has 0 saturated carbocycles. The molecule has 1 heterocycles. The Morgan fingerprint density at radius 3 is 2.00 bits per heavy atom. The zero-order valence-electron chi connectivity index (χ0n) is 7.07. The van der Waals surface area contributed by atoms with Gasteiger partial charge in [0, 0.05) is 0 Å². The van der Waals surface area contributed by atoms with Crippen molar-refractivity contribution >= 4 is 5.97 Å². The van der Waals surface area contributed by atoms with E-state index in [2.05, 4.69) is 0 Å². The molecule has 1 fully saturated rings. The Hall–Kier alpha value is -0.570. The molecule has 0 aromatic carbocycles. The molecule has 0 aromatic heterocycles. The van der Waals surface area contributed by atoms with Crippen LogP contribution in [0.2, 0.25) is 0 Å². The Morgan fingerprint density at radius 1 is 1.27 bits per heavy atom. The van der Waals surface area contributed by atoms with Crippen molar-refractivity contribution in [2.75, 3.05) is 0 Å². The zero-order valence-corrected chi connectivity index (χ0v) is 7.07. The van der Waals surface area contributed by atoms with Crippen LogP contribution in [0.4, 0.5) is 0 Å². The number of hydrogen-bond acceptors (Lipinski definition) is 2. The van der Waals surface area contributed by atoms with Gasteiger partial charge in [-0.15, -0.1) is 0 Å². The summed E-state index contributed by atoms with van der Waals surface area (Å²) in [5.41, 5.74) is 0. The van der Waals surface area contributed by atoms with Crippen molar-refractivity contribution in [3.05, 3.63) is 0 Å². The maximum absolute atomic E-state index is 10.7. The van der Waals surface area contributed by atoms with Crippen molar-refractivity contribution in [2.45, 2.75) is 33.0 Å². The molecule has 3 heteroatoms. The summed E-state index contributed by atoms with van der Waals surface area (Å²) in [5, 5.41) is 8.79. The predicted molar refractivity (Wildman–Crippen MR) is 40.3 cm³/mol. The highest BCUT2D eigenvalue weighted by Crippen LogP contribution is 2.31. The number of carboxylic acid groups (broad SMARTS) is 1. The number of carbonyl (C=O) groups is 1. The van der Waals surface area contributed by atoms with Crippen molar-refractivity contribution in [3.63, 3.8) is 0 Å². The van der Waals surface area contributed by atoms with E-state index in [9.17, 15) is 4.79 Å². The summed E-state index contributed by atoms with van der Waals surface area (Å²) in [6.07, 6.45) is -0.0661. The topological polar surface area (TPSA) is 46.5 Å². The molecule has 11 heavy (non-hydrogen) atoms. The molecule has 1 aliphatic heterocycles. The Bertz CT molecular complexity index is 167. The van der Waals surface area contributed by atoms with Gasteiger partial charge in [0.05, 0.1) is 18.1 Å². The monoisotopic (exact) mass is 158 g/mol. The number of ether oxygens (including phenoxy) is 1. The molecule has 0 aromatic rings. The molecule has 3 nitrogen and oxygen atoms in total. The molecule has 0 spiro atoms. The van der Waals surface area contributed by atoms with Crippen LogP contribution in [-0.2, 0) is 9.53 Å². The third-order valence-corrected chi connectivity index (χ3v) is 2.53. The van der Waals surface area contributed by atoms with E-state index in [-0.39, 0.29) is 24.0 Å². The highest BCUT2D eigenvalue weighted by atomic mass is 16.5. The number of rotatable bonds is 1.